The Balaban J connectivity index is 1.59. The van der Waals surface area contributed by atoms with E-state index >= 15 is 0 Å². The lowest BCUT2D eigenvalue weighted by Gasteiger charge is -2.34. The Kier molecular flexibility index (Phi) is 6.80. The first kappa shape index (κ1) is 23.0. The van der Waals surface area contributed by atoms with Crippen molar-refractivity contribution in [2.45, 2.75) is 45.6 Å². The quantitative estimate of drug-likeness (QED) is 0.677. The minimum absolute atomic E-state index is 0.0240. The Labute approximate surface area is 182 Å². The zero-order valence-corrected chi connectivity index (χ0v) is 19.1. The highest BCUT2D eigenvalue weighted by atomic mass is 32.2. The van der Waals surface area contributed by atoms with Gasteiger partial charge in [-0.05, 0) is 62.4 Å². The van der Waals surface area contributed by atoms with E-state index in [2.05, 4.69) is 29.8 Å². The number of hydrogen-bond acceptors (Lipinski definition) is 5. The average Bonchev–Trinajstić information content (AvgIpc) is 3.02. The van der Waals surface area contributed by atoms with Gasteiger partial charge >= 0.3 is 0 Å². The van der Waals surface area contributed by atoms with Crippen LogP contribution in [0.2, 0.25) is 0 Å². The van der Waals surface area contributed by atoms with Gasteiger partial charge in [-0.1, -0.05) is 13.8 Å². The number of carbonyl (C=O) groups is 2. The summed E-state index contributed by atoms with van der Waals surface area (Å²) in [5.41, 5.74) is 6.57. The highest BCUT2D eigenvalue weighted by Crippen LogP contribution is 2.26. The first-order chi connectivity index (χ1) is 14.6. The molecule has 1 aromatic carbocycles. The highest BCUT2D eigenvalue weighted by molar-refractivity contribution is 7.89. The first-order valence-corrected chi connectivity index (χ1v) is 11.7. The van der Waals surface area contributed by atoms with E-state index < -0.39 is 21.8 Å². The SMILES string of the molecule is Cc1cc(C)n(CC(=O)NNC(=O)c2ccc(S(=O)(=O)N3CC(C)CC(C)C3)cc2)n1. The molecule has 10 heteroatoms. The van der Waals surface area contributed by atoms with Crippen LogP contribution in [-0.2, 0) is 21.4 Å². The summed E-state index contributed by atoms with van der Waals surface area (Å²) in [5.74, 6) is -0.346. The molecule has 2 atom stereocenters. The van der Waals surface area contributed by atoms with Crippen LogP contribution in [-0.4, -0.2) is 47.4 Å². The lowest BCUT2D eigenvalue weighted by molar-refractivity contribution is -0.122. The fraction of sp³-hybridized carbons (Fsp3) is 0.476. The summed E-state index contributed by atoms with van der Waals surface area (Å²) in [6.45, 7) is 8.74. The molecule has 1 aliphatic rings. The predicted octanol–water partition coefficient (Wildman–Crippen LogP) is 1.63. The number of hydrazine groups is 1. The van der Waals surface area contributed by atoms with Crippen molar-refractivity contribution in [3.8, 4) is 0 Å². The molecule has 0 aliphatic carbocycles. The average molecular weight is 448 g/mol. The van der Waals surface area contributed by atoms with Gasteiger partial charge in [0, 0.05) is 24.3 Å². The van der Waals surface area contributed by atoms with Gasteiger partial charge in [0.05, 0.1) is 10.6 Å². The molecule has 0 saturated carbocycles. The van der Waals surface area contributed by atoms with Crippen LogP contribution in [0.5, 0.6) is 0 Å². The zero-order valence-electron chi connectivity index (χ0n) is 18.3. The Morgan fingerprint density at radius 1 is 1.06 bits per heavy atom. The van der Waals surface area contributed by atoms with Crippen LogP contribution in [0.4, 0.5) is 0 Å². The third kappa shape index (κ3) is 5.50. The lowest BCUT2D eigenvalue weighted by Crippen LogP contribution is -2.43. The number of carbonyl (C=O) groups excluding carboxylic acids is 2. The van der Waals surface area contributed by atoms with Gasteiger partial charge in [-0.25, -0.2) is 8.42 Å². The van der Waals surface area contributed by atoms with Crippen molar-refractivity contribution in [1.29, 1.82) is 0 Å². The number of amides is 2. The maximum atomic E-state index is 12.9. The molecule has 3 rings (SSSR count). The van der Waals surface area contributed by atoms with Crippen LogP contribution in [0.15, 0.2) is 35.2 Å². The second-order valence-corrected chi connectivity index (χ2v) is 10.3. The summed E-state index contributed by atoms with van der Waals surface area (Å²) in [4.78, 5) is 24.5. The van der Waals surface area contributed by atoms with E-state index in [1.165, 1.54) is 28.6 Å². The second-order valence-electron chi connectivity index (χ2n) is 8.38. The molecular weight excluding hydrogens is 418 g/mol. The number of piperidine rings is 1. The second kappa shape index (κ2) is 9.19. The monoisotopic (exact) mass is 447 g/mol. The Bertz CT molecular complexity index is 1050. The number of hydrogen-bond donors (Lipinski definition) is 2. The summed E-state index contributed by atoms with van der Waals surface area (Å²) >= 11 is 0. The highest BCUT2D eigenvalue weighted by Gasteiger charge is 2.31. The molecule has 2 amide bonds. The maximum absolute atomic E-state index is 12.9. The largest absolute Gasteiger partial charge is 0.271 e. The Morgan fingerprint density at radius 2 is 1.68 bits per heavy atom. The minimum atomic E-state index is -3.61. The van der Waals surface area contributed by atoms with Gasteiger partial charge in [0.2, 0.25) is 10.0 Å². The van der Waals surface area contributed by atoms with Crippen LogP contribution < -0.4 is 10.9 Å². The van der Waals surface area contributed by atoms with Gasteiger partial charge in [-0.2, -0.15) is 9.40 Å². The number of aryl methyl sites for hydroxylation is 2. The van der Waals surface area contributed by atoms with Gasteiger partial charge in [-0.15, -0.1) is 0 Å². The van der Waals surface area contributed by atoms with Crippen LogP contribution in [0.1, 0.15) is 42.0 Å². The van der Waals surface area contributed by atoms with Crippen molar-refractivity contribution >= 4 is 21.8 Å². The molecule has 1 aromatic heterocycles. The molecule has 0 spiro atoms. The van der Waals surface area contributed by atoms with Gasteiger partial charge in [0.1, 0.15) is 6.54 Å². The van der Waals surface area contributed by atoms with E-state index in [1.807, 2.05) is 19.9 Å². The Hall–Kier alpha value is -2.72. The molecule has 2 heterocycles. The molecule has 0 radical (unpaired) electrons. The van der Waals surface area contributed by atoms with Gasteiger partial charge in [-0.3, -0.25) is 25.1 Å². The molecule has 1 fully saturated rings. The summed E-state index contributed by atoms with van der Waals surface area (Å²) in [7, 11) is -3.61. The Morgan fingerprint density at radius 3 is 2.23 bits per heavy atom. The standard InChI is InChI=1S/C21H29N5O4S/c1-14-9-15(2)12-25(11-14)31(29,30)19-7-5-18(6-8-19)21(28)23-22-20(27)13-26-17(4)10-16(3)24-26/h5-8,10,14-15H,9,11-13H2,1-4H3,(H,22,27)(H,23,28). The van der Waals surface area contributed by atoms with Crippen LogP contribution in [0.25, 0.3) is 0 Å². The van der Waals surface area contributed by atoms with Crippen LogP contribution in [0.3, 0.4) is 0 Å². The molecule has 2 N–H and O–H groups in total. The van der Waals surface area contributed by atoms with Crippen molar-refractivity contribution < 1.29 is 18.0 Å². The maximum Gasteiger partial charge on any atom is 0.269 e. The number of sulfonamides is 1. The van der Waals surface area contributed by atoms with E-state index in [0.717, 1.165) is 17.8 Å². The van der Waals surface area contributed by atoms with Gasteiger partial charge in [0.25, 0.3) is 11.8 Å². The lowest BCUT2D eigenvalue weighted by atomic mass is 9.94. The van der Waals surface area contributed by atoms with Gasteiger partial charge < -0.3 is 0 Å². The smallest absolute Gasteiger partial charge is 0.269 e. The number of aromatic nitrogens is 2. The van der Waals surface area contributed by atoms with E-state index in [4.69, 9.17) is 0 Å². The summed E-state index contributed by atoms with van der Waals surface area (Å²) in [6.07, 6.45) is 1.01. The van der Waals surface area contributed by atoms with Crippen molar-refractivity contribution in [3.05, 3.63) is 47.3 Å². The van der Waals surface area contributed by atoms with Crippen LogP contribution in [0, 0.1) is 25.7 Å². The molecular formula is C21H29N5O4S. The molecule has 31 heavy (non-hydrogen) atoms. The number of nitrogens with zero attached hydrogens (tertiary/aromatic N) is 3. The molecule has 168 valence electrons. The summed E-state index contributed by atoms with van der Waals surface area (Å²) < 4.78 is 28.9. The van der Waals surface area contributed by atoms with Crippen LogP contribution >= 0.6 is 0 Å². The zero-order chi connectivity index (χ0) is 22.8. The topological polar surface area (TPSA) is 113 Å². The molecule has 1 aliphatic heterocycles. The number of nitrogens with one attached hydrogen (secondary N) is 2. The molecule has 2 aromatic rings. The van der Waals surface area contributed by atoms with E-state index in [-0.39, 0.29) is 17.0 Å². The van der Waals surface area contributed by atoms with E-state index in [9.17, 15) is 18.0 Å². The van der Waals surface area contributed by atoms with Crippen molar-refractivity contribution in [2.75, 3.05) is 13.1 Å². The van der Waals surface area contributed by atoms with E-state index in [1.54, 1.807) is 4.68 Å². The third-order valence-corrected chi connectivity index (χ3v) is 7.15. The molecule has 2 unspecified atom stereocenters. The summed E-state index contributed by atoms with van der Waals surface area (Å²) in [6, 6.07) is 7.57. The first-order valence-electron chi connectivity index (χ1n) is 10.3. The normalized spacial score (nSPS) is 19.7. The van der Waals surface area contributed by atoms with Crippen molar-refractivity contribution in [2.24, 2.45) is 11.8 Å². The predicted molar refractivity (Wildman–Crippen MR) is 115 cm³/mol. The number of benzene rings is 1. The fourth-order valence-corrected chi connectivity index (χ4v) is 5.62. The van der Waals surface area contributed by atoms with Crippen molar-refractivity contribution in [3.63, 3.8) is 0 Å². The minimum Gasteiger partial charge on any atom is -0.271 e. The molecule has 9 nitrogen and oxygen atoms in total. The number of rotatable bonds is 5. The summed E-state index contributed by atoms with van der Waals surface area (Å²) in [5, 5.41) is 4.20. The van der Waals surface area contributed by atoms with E-state index in [0.29, 0.717) is 24.9 Å². The fourth-order valence-electron chi connectivity index (χ4n) is 3.94. The third-order valence-electron chi connectivity index (χ3n) is 5.30. The van der Waals surface area contributed by atoms with Gasteiger partial charge in [0.15, 0.2) is 0 Å². The van der Waals surface area contributed by atoms with Crippen molar-refractivity contribution in [1.82, 2.24) is 24.9 Å². The molecule has 0 bridgehead atoms. The molecule has 1 saturated heterocycles.